The van der Waals surface area contributed by atoms with Crippen molar-refractivity contribution in [3.8, 4) is 0 Å². The summed E-state index contributed by atoms with van der Waals surface area (Å²) in [5.41, 5.74) is 8.13. The van der Waals surface area contributed by atoms with Gasteiger partial charge in [0.25, 0.3) is 0 Å². The zero-order valence-corrected chi connectivity index (χ0v) is 9.60. The zero-order valence-electron chi connectivity index (χ0n) is 9.60. The Morgan fingerprint density at radius 3 is 2.88 bits per heavy atom. The number of rotatable bonds is 3. The summed E-state index contributed by atoms with van der Waals surface area (Å²) in [6.07, 6.45) is 3.51. The lowest BCUT2D eigenvalue weighted by Gasteiger charge is -2.21. The maximum Gasteiger partial charge on any atom is 0.125 e. The topological polar surface area (TPSA) is 42.2 Å². The third-order valence-electron chi connectivity index (χ3n) is 2.55. The summed E-state index contributed by atoms with van der Waals surface area (Å²) in [5.74, 6) is -0.285. The van der Waals surface area contributed by atoms with Crippen LogP contribution in [0.2, 0.25) is 0 Å². The van der Waals surface area contributed by atoms with Gasteiger partial charge in [-0.15, -0.1) is 0 Å². The number of nitrogens with two attached hydrogens (primary N) is 1. The molecule has 0 fully saturated rings. The van der Waals surface area contributed by atoms with E-state index in [0.29, 0.717) is 17.9 Å². The lowest BCUT2D eigenvalue weighted by Crippen LogP contribution is -2.18. The standard InChI is InChI=1S/C13H14FN3/c1-17(9-10-3-2-6-16-8-10)13-7-11(14)4-5-12(13)15/h2-8H,9,15H2,1H3. The van der Waals surface area contributed by atoms with Gasteiger partial charge in [-0.1, -0.05) is 6.07 Å². The molecule has 0 atom stereocenters. The first-order chi connectivity index (χ1) is 8.16. The van der Waals surface area contributed by atoms with Crippen LogP contribution in [0, 0.1) is 5.82 Å². The average molecular weight is 231 g/mol. The minimum atomic E-state index is -0.285. The van der Waals surface area contributed by atoms with Crippen molar-refractivity contribution in [3.05, 3.63) is 54.1 Å². The van der Waals surface area contributed by atoms with Crippen LogP contribution in [-0.2, 0) is 6.54 Å². The van der Waals surface area contributed by atoms with Crippen molar-refractivity contribution in [1.82, 2.24) is 4.98 Å². The quantitative estimate of drug-likeness (QED) is 0.825. The molecule has 4 heteroatoms. The van der Waals surface area contributed by atoms with Crippen LogP contribution in [0.25, 0.3) is 0 Å². The van der Waals surface area contributed by atoms with E-state index in [1.807, 2.05) is 24.1 Å². The van der Waals surface area contributed by atoms with Crippen LogP contribution < -0.4 is 10.6 Å². The Bertz CT molecular complexity index is 499. The lowest BCUT2D eigenvalue weighted by molar-refractivity contribution is 0.627. The predicted molar refractivity (Wildman–Crippen MR) is 67.2 cm³/mol. The lowest BCUT2D eigenvalue weighted by atomic mass is 10.2. The Labute approximate surface area is 99.7 Å². The van der Waals surface area contributed by atoms with Crippen molar-refractivity contribution in [2.45, 2.75) is 6.54 Å². The molecule has 1 aromatic heterocycles. The fourth-order valence-corrected chi connectivity index (χ4v) is 1.70. The second-order valence-corrected chi connectivity index (χ2v) is 3.92. The van der Waals surface area contributed by atoms with Crippen LogP contribution in [0.1, 0.15) is 5.56 Å². The molecule has 0 radical (unpaired) electrons. The molecule has 2 rings (SSSR count). The Hall–Kier alpha value is -2.10. The summed E-state index contributed by atoms with van der Waals surface area (Å²) in [6, 6.07) is 8.21. The molecule has 17 heavy (non-hydrogen) atoms. The van der Waals surface area contributed by atoms with Gasteiger partial charge in [-0.2, -0.15) is 0 Å². The minimum absolute atomic E-state index is 0.285. The van der Waals surface area contributed by atoms with Gasteiger partial charge < -0.3 is 10.6 Å². The molecule has 0 amide bonds. The van der Waals surface area contributed by atoms with E-state index in [9.17, 15) is 4.39 Å². The number of hydrogen-bond acceptors (Lipinski definition) is 3. The Balaban J connectivity index is 2.20. The smallest absolute Gasteiger partial charge is 0.125 e. The molecule has 3 nitrogen and oxygen atoms in total. The van der Waals surface area contributed by atoms with E-state index in [1.165, 1.54) is 12.1 Å². The molecule has 1 aromatic carbocycles. The molecule has 0 aliphatic heterocycles. The summed E-state index contributed by atoms with van der Waals surface area (Å²) in [7, 11) is 1.87. The molecule has 2 aromatic rings. The summed E-state index contributed by atoms with van der Waals surface area (Å²) < 4.78 is 13.2. The van der Waals surface area contributed by atoms with E-state index in [4.69, 9.17) is 5.73 Å². The monoisotopic (exact) mass is 231 g/mol. The molecule has 2 N–H and O–H groups in total. The molecule has 0 aliphatic rings. The van der Waals surface area contributed by atoms with Gasteiger partial charge in [0, 0.05) is 26.0 Å². The predicted octanol–water partition coefficient (Wildman–Crippen LogP) is 2.44. The highest BCUT2D eigenvalue weighted by Gasteiger charge is 2.07. The number of hydrogen-bond donors (Lipinski definition) is 1. The number of nitrogens with zero attached hydrogens (tertiary/aromatic N) is 2. The van der Waals surface area contributed by atoms with Crippen molar-refractivity contribution < 1.29 is 4.39 Å². The third-order valence-corrected chi connectivity index (χ3v) is 2.55. The Morgan fingerprint density at radius 1 is 1.35 bits per heavy atom. The molecular formula is C13H14FN3. The normalized spacial score (nSPS) is 10.2. The van der Waals surface area contributed by atoms with E-state index in [-0.39, 0.29) is 5.82 Å². The second-order valence-electron chi connectivity index (χ2n) is 3.92. The Kier molecular flexibility index (Phi) is 3.23. The zero-order chi connectivity index (χ0) is 12.3. The van der Waals surface area contributed by atoms with Crippen molar-refractivity contribution >= 4 is 11.4 Å². The van der Waals surface area contributed by atoms with Gasteiger partial charge in [0.15, 0.2) is 0 Å². The van der Waals surface area contributed by atoms with Crippen molar-refractivity contribution in [3.63, 3.8) is 0 Å². The number of halogens is 1. The third kappa shape index (κ3) is 2.72. The van der Waals surface area contributed by atoms with Crippen LogP contribution in [0.3, 0.4) is 0 Å². The number of nitrogen functional groups attached to an aromatic ring is 1. The first-order valence-corrected chi connectivity index (χ1v) is 5.32. The van der Waals surface area contributed by atoms with Gasteiger partial charge in [-0.05, 0) is 29.8 Å². The van der Waals surface area contributed by atoms with E-state index in [2.05, 4.69) is 4.98 Å². The summed E-state index contributed by atoms with van der Waals surface area (Å²) in [5, 5.41) is 0. The molecule has 88 valence electrons. The molecule has 0 bridgehead atoms. The highest BCUT2D eigenvalue weighted by molar-refractivity contribution is 5.67. The molecule has 0 aliphatic carbocycles. The van der Waals surface area contributed by atoms with E-state index >= 15 is 0 Å². The van der Waals surface area contributed by atoms with Crippen LogP contribution in [0.4, 0.5) is 15.8 Å². The first-order valence-electron chi connectivity index (χ1n) is 5.32. The van der Waals surface area contributed by atoms with E-state index in [1.54, 1.807) is 18.5 Å². The molecule has 0 unspecified atom stereocenters. The number of aromatic nitrogens is 1. The van der Waals surface area contributed by atoms with E-state index in [0.717, 1.165) is 5.56 Å². The number of pyridine rings is 1. The average Bonchev–Trinajstić information content (AvgIpc) is 2.33. The largest absolute Gasteiger partial charge is 0.397 e. The van der Waals surface area contributed by atoms with Gasteiger partial charge in [0.1, 0.15) is 5.82 Å². The molecule has 0 saturated carbocycles. The summed E-state index contributed by atoms with van der Waals surface area (Å²) >= 11 is 0. The van der Waals surface area contributed by atoms with Crippen LogP contribution in [-0.4, -0.2) is 12.0 Å². The summed E-state index contributed by atoms with van der Waals surface area (Å²) in [6.45, 7) is 0.640. The van der Waals surface area contributed by atoms with Gasteiger partial charge in [0.05, 0.1) is 11.4 Å². The molecular weight excluding hydrogens is 217 g/mol. The second kappa shape index (κ2) is 4.82. The molecule has 1 heterocycles. The number of anilines is 2. The van der Waals surface area contributed by atoms with Crippen LogP contribution in [0.5, 0.6) is 0 Å². The maximum atomic E-state index is 13.2. The van der Waals surface area contributed by atoms with Crippen LogP contribution >= 0.6 is 0 Å². The van der Waals surface area contributed by atoms with Gasteiger partial charge in [0.2, 0.25) is 0 Å². The number of benzene rings is 1. The maximum absolute atomic E-state index is 13.2. The van der Waals surface area contributed by atoms with Gasteiger partial charge in [-0.25, -0.2) is 4.39 Å². The van der Waals surface area contributed by atoms with E-state index < -0.39 is 0 Å². The van der Waals surface area contributed by atoms with Gasteiger partial charge >= 0.3 is 0 Å². The minimum Gasteiger partial charge on any atom is -0.397 e. The first kappa shape index (κ1) is 11.4. The molecule has 0 saturated heterocycles. The fourth-order valence-electron chi connectivity index (χ4n) is 1.70. The summed E-state index contributed by atoms with van der Waals surface area (Å²) in [4.78, 5) is 5.94. The fraction of sp³-hybridized carbons (Fsp3) is 0.154. The van der Waals surface area contributed by atoms with Crippen molar-refractivity contribution in [2.75, 3.05) is 17.7 Å². The molecule has 0 spiro atoms. The van der Waals surface area contributed by atoms with Crippen molar-refractivity contribution in [2.24, 2.45) is 0 Å². The highest BCUT2D eigenvalue weighted by Crippen LogP contribution is 2.24. The van der Waals surface area contributed by atoms with Crippen molar-refractivity contribution in [1.29, 1.82) is 0 Å². The van der Waals surface area contributed by atoms with Gasteiger partial charge in [-0.3, -0.25) is 4.98 Å². The Morgan fingerprint density at radius 2 is 2.18 bits per heavy atom. The van der Waals surface area contributed by atoms with Crippen LogP contribution in [0.15, 0.2) is 42.7 Å². The highest BCUT2D eigenvalue weighted by atomic mass is 19.1. The SMILES string of the molecule is CN(Cc1cccnc1)c1cc(F)ccc1N.